The average molecular weight is 488 g/mol. The van der Waals surface area contributed by atoms with Gasteiger partial charge in [0.2, 0.25) is 0 Å². The third-order valence-electron chi connectivity index (χ3n) is 5.35. The Morgan fingerprint density at radius 3 is 2.37 bits per heavy atom. The summed E-state index contributed by atoms with van der Waals surface area (Å²) < 4.78 is 55.9. The van der Waals surface area contributed by atoms with Gasteiger partial charge in [0, 0.05) is 16.8 Å². The predicted molar refractivity (Wildman–Crippen MR) is 126 cm³/mol. The number of aromatic nitrogens is 1. The summed E-state index contributed by atoms with van der Waals surface area (Å²) in [5.41, 5.74) is 1.26. The first kappa shape index (κ1) is 26.1. The zero-order chi connectivity index (χ0) is 25.8. The average Bonchev–Trinajstić information content (AvgIpc) is 2.79. The molecule has 0 radical (unpaired) electrons. The maximum absolute atomic E-state index is 13.0. The van der Waals surface area contributed by atoms with Crippen molar-refractivity contribution in [1.82, 2.24) is 4.98 Å². The number of ether oxygens (including phenoxy) is 3. The van der Waals surface area contributed by atoms with Crippen LogP contribution in [0.2, 0.25) is 0 Å². The molecule has 0 spiro atoms. The highest BCUT2D eigenvalue weighted by Gasteiger charge is 2.32. The third-order valence-corrected chi connectivity index (χ3v) is 5.35. The molecule has 0 aliphatic rings. The van der Waals surface area contributed by atoms with Gasteiger partial charge in [0.25, 0.3) is 0 Å². The summed E-state index contributed by atoms with van der Waals surface area (Å²) in [6.45, 7) is 9.17. The third kappa shape index (κ3) is 6.53. The molecule has 3 rings (SSSR count). The SMILES string of the molecule is CCOC(=O)C(C)(C)Oc1ccc(OCc2ccc(-c3cccc(C(F)(F)F)c3)nc2C)cc1C. The summed E-state index contributed by atoms with van der Waals surface area (Å²) in [7, 11) is 0. The zero-order valence-electron chi connectivity index (χ0n) is 20.3. The van der Waals surface area contributed by atoms with Gasteiger partial charge in [-0.3, -0.25) is 4.98 Å². The van der Waals surface area contributed by atoms with Crippen LogP contribution in [0.3, 0.4) is 0 Å². The van der Waals surface area contributed by atoms with E-state index in [0.717, 1.165) is 23.3 Å². The fourth-order valence-corrected chi connectivity index (χ4v) is 3.37. The molecule has 0 fully saturated rings. The Hall–Kier alpha value is -3.55. The lowest BCUT2D eigenvalue weighted by Crippen LogP contribution is -2.39. The lowest BCUT2D eigenvalue weighted by atomic mass is 10.1. The highest BCUT2D eigenvalue weighted by Crippen LogP contribution is 2.32. The number of esters is 1. The quantitative estimate of drug-likeness (QED) is 0.332. The molecule has 186 valence electrons. The van der Waals surface area contributed by atoms with Crippen LogP contribution >= 0.6 is 0 Å². The van der Waals surface area contributed by atoms with Gasteiger partial charge in [0.05, 0.1) is 17.9 Å². The van der Waals surface area contributed by atoms with Crippen LogP contribution in [0.25, 0.3) is 11.3 Å². The van der Waals surface area contributed by atoms with E-state index < -0.39 is 23.3 Å². The largest absolute Gasteiger partial charge is 0.489 e. The zero-order valence-corrected chi connectivity index (χ0v) is 20.3. The summed E-state index contributed by atoms with van der Waals surface area (Å²) in [5, 5.41) is 0. The van der Waals surface area contributed by atoms with E-state index in [9.17, 15) is 18.0 Å². The van der Waals surface area contributed by atoms with E-state index >= 15 is 0 Å². The molecule has 8 heteroatoms. The van der Waals surface area contributed by atoms with Crippen LogP contribution in [-0.2, 0) is 22.3 Å². The minimum absolute atomic E-state index is 0.232. The molecule has 0 saturated carbocycles. The summed E-state index contributed by atoms with van der Waals surface area (Å²) >= 11 is 0. The molecule has 0 N–H and O–H groups in total. The Bertz CT molecular complexity index is 1210. The minimum Gasteiger partial charge on any atom is -0.489 e. The topological polar surface area (TPSA) is 57.7 Å². The van der Waals surface area contributed by atoms with Crippen LogP contribution in [-0.4, -0.2) is 23.2 Å². The van der Waals surface area contributed by atoms with Crippen LogP contribution in [0.5, 0.6) is 11.5 Å². The number of rotatable bonds is 8. The van der Waals surface area contributed by atoms with Crippen LogP contribution in [0.15, 0.2) is 54.6 Å². The molecule has 1 heterocycles. The van der Waals surface area contributed by atoms with E-state index in [1.807, 2.05) is 6.92 Å². The maximum Gasteiger partial charge on any atom is 0.416 e. The van der Waals surface area contributed by atoms with Crippen molar-refractivity contribution in [2.45, 2.75) is 53.0 Å². The molecule has 3 aromatic rings. The van der Waals surface area contributed by atoms with Crippen molar-refractivity contribution in [3.05, 3.63) is 77.0 Å². The van der Waals surface area contributed by atoms with Crippen LogP contribution < -0.4 is 9.47 Å². The number of nitrogens with zero attached hydrogens (tertiary/aromatic N) is 1. The van der Waals surface area contributed by atoms with Gasteiger partial charge in [0.15, 0.2) is 5.60 Å². The summed E-state index contributed by atoms with van der Waals surface area (Å²) in [4.78, 5) is 16.6. The number of alkyl halides is 3. The van der Waals surface area contributed by atoms with Gasteiger partial charge in [-0.2, -0.15) is 13.2 Å². The number of aryl methyl sites for hydroxylation is 2. The van der Waals surface area contributed by atoms with Gasteiger partial charge >= 0.3 is 12.1 Å². The fourth-order valence-electron chi connectivity index (χ4n) is 3.37. The molecule has 0 bridgehead atoms. The van der Waals surface area contributed by atoms with E-state index in [2.05, 4.69) is 4.98 Å². The van der Waals surface area contributed by atoms with Crippen LogP contribution in [0.4, 0.5) is 13.2 Å². The lowest BCUT2D eigenvalue weighted by Gasteiger charge is -2.25. The van der Waals surface area contributed by atoms with E-state index in [1.165, 1.54) is 6.07 Å². The normalized spacial score (nSPS) is 11.8. The van der Waals surface area contributed by atoms with Gasteiger partial charge < -0.3 is 14.2 Å². The van der Waals surface area contributed by atoms with Crippen molar-refractivity contribution in [2.24, 2.45) is 0 Å². The Labute approximate surface area is 202 Å². The number of halogens is 3. The Morgan fingerprint density at radius 2 is 1.74 bits per heavy atom. The molecule has 0 amide bonds. The molecule has 0 aliphatic carbocycles. The van der Waals surface area contributed by atoms with Crippen molar-refractivity contribution in [3.63, 3.8) is 0 Å². The standard InChI is InChI=1S/C27H28F3NO4/c1-6-33-25(32)26(4,5)35-24-13-11-22(14-17(24)2)34-16-20-10-12-23(31-18(20)3)19-8-7-9-21(15-19)27(28,29)30/h7-15H,6,16H2,1-5H3. The molecule has 2 aromatic carbocycles. The second-order valence-corrected chi connectivity index (χ2v) is 8.57. The number of carbonyl (C=O) groups is 1. The van der Waals surface area contributed by atoms with Gasteiger partial charge in [-0.05, 0) is 76.6 Å². The van der Waals surface area contributed by atoms with Crippen molar-refractivity contribution in [3.8, 4) is 22.8 Å². The Morgan fingerprint density at radius 1 is 1.00 bits per heavy atom. The van der Waals surface area contributed by atoms with Crippen molar-refractivity contribution in [1.29, 1.82) is 0 Å². The van der Waals surface area contributed by atoms with Crippen LogP contribution in [0.1, 0.15) is 43.2 Å². The molecule has 0 saturated heterocycles. The molecule has 1 aromatic heterocycles. The summed E-state index contributed by atoms with van der Waals surface area (Å²) in [6.07, 6.45) is -4.41. The van der Waals surface area contributed by atoms with Crippen molar-refractivity contribution >= 4 is 5.97 Å². The first-order chi connectivity index (χ1) is 16.4. The number of hydrogen-bond acceptors (Lipinski definition) is 5. The monoisotopic (exact) mass is 487 g/mol. The van der Waals surface area contributed by atoms with Gasteiger partial charge in [-0.25, -0.2) is 4.79 Å². The highest BCUT2D eigenvalue weighted by molar-refractivity contribution is 5.79. The maximum atomic E-state index is 13.0. The molecular formula is C27H28F3NO4. The second kappa shape index (κ2) is 10.4. The number of hydrogen-bond donors (Lipinski definition) is 0. The van der Waals surface area contributed by atoms with Gasteiger partial charge in [0.1, 0.15) is 18.1 Å². The second-order valence-electron chi connectivity index (χ2n) is 8.57. The minimum atomic E-state index is -4.41. The lowest BCUT2D eigenvalue weighted by molar-refractivity contribution is -0.158. The van der Waals surface area contributed by atoms with E-state index in [-0.39, 0.29) is 13.2 Å². The first-order valence-corrected chi connectivity index (χ1v) is 11.1. The first-order valence-electron chi connectivity index (χ1n) is 11.1. The van der Waals surface area contributed by atoms with Gasteiger partial charge in [-0.15, -0.1) is 0 Å². The molecule has 0 aliphatic heterocycles. The van der Waals surface area contributed by atoms with E-state index in [0.29, 0.717) is 28.5 Å². The Balaban J connectivity index is 1.69. The molecule has 0 atom stereocenters. The number of carbonyl (C=O) groups excluding carboxylic acids is 1. The smallest absolute Gasteiger partial charge is 0.416 e. The molecule has 35 heavy (non-hydrogen) atoms. The van der Waals surface area contributed by atoms with Gasteiger partial charge in [-0.1, -0.05) is 18.2 Å². The van der Waals surface area contributed by atoms with E-state index in [4.69, 9.17) is 14.2 Å². The molecule has 5 nitrogen and oxygen atoms in total. The number of benzene rings is 2. The van der Waals surface area contributed by atoms with Crippen molar-refractivity contribution in [2.75, 3.05) is 6.61 Å². The Kier molecular flexibility index (Phi) is 7.73. The van der Waals surface area contributed by atoms with E-state index in [1.54, 1.807) is 64.1 Å². The molecule has 0 unspecified atom stereocenters. The van der Waals surface area contributed by atoms with Crippen LogP contribution in [0, 0.1) is 13.8 Å². The van der Waals surface area contributed by atoms with Crippen molar-refractivity contribution < 1.29 is 32.2 Å². The number of pyridine rings is 1. The predicted octanol–water partition coefficient (Wildman–Crippen LogP) is 6.68. The highest BCUT2D eigenvalue weighted by atomic mass is 19.4. The fraction of sp³-hybridized carbons (Fsp3) is 0.333. The molecular weight excluding hydrogens is 459 g/mol. The summed E-state index contributed by atoms with van der Waals surface area (Å²) in [6, 6.07) is 13.8. The summed E-state index contributed by atoms with van der Waals surface area (Å²) in [5.74, 6) is 0.695.